The van der Waals surface area contributed by atoms with Gasteiger partial charge in [0.2, 0.25) is 0 Å². The Balaban J connectivity index is 2.64. The number of hydrogen-bond donors (Lipinski definition) is 0. The van der Waals surface area contributed by atoms with E-state index in [1.165, 1.54) is 6.92 Å². The first-order valence-corrected chi connectivity index (χ1v) is 4.04. The predicted molar refractivity (Wildman–Crippen MR) is 46.3 cm³/mol. The SMILES string of the molecule is Cc1ccc(OC(C)C(=O)[O-])cc1. The molecule has 0 bridgehead atoms. The van der Waals surface area contributed by atoms with Crippen LogP contribution in [-0.4, -0.2) is 12.1 Å². The number of ether oxygens (including phenoxy) is 1. The summed E-state index contributed by atoms with van der Waals surface area (Å²) in [7, 11) is 0. The molecule has 0 N–H and O–H groups in total. The lowest BCUT2D eigenvalue weighted by Crippen LogP contribution is -2.37. The van der Waals surface area contributed by atoms with Crippen molar-refractivity contribution in [1.82, 2.24) is 0 Å². The molecular formula is C10H11O3-. The van der Waals surface area contributed by atoms with Crippen LogP contribution in [0.25, 0.3) is 0 Å². The number of benzene rings is 1. The average molecular weight is 179 g/mol. The fourth-order valence-electron chi connectivity index (χ4n) is 0.869. The predicted octanol–water partition coefficient (Wildman–Crippen LogP) is 0.512. The van der Waals surface area contributed by atoms with Crippen molar-refractivity contribution >= 4 is 5.97 Å². The first kappa shape index (κ1) is 9.58. The maximum absolute atomic E-state index is 10.3. The van der Waals surface area contributed by atoms with Crippen molar-refractivity contribution in [2.24, 2.45) is 0 Å². The van der Waals surface area contributed by atoms with Crippen LogP contribution in [0.5, 0.6) is 5.75 Å². The Morgan fingerprint density at radius 2 is 1.92 bits per heavy atom. The van der Waals surface area contributed by atoms with Crippen molar-refractivity contribution < 1.29 is 14.6 Å². The van der Waals surface area contributed by atoms with E-state index in [0.717, 1.165) is 5.56 Å². The zero-order chi connectivity index (χ0) is 9.84. The Morgan fingerprint density at radius 1 is 1.38 bits per heavy atom. The van der Waals surface area contributed by atoms with Gasteiger partial charge in [-0.2, -0.15) is 0 Å². The fraction of sp³-hybridized carbons (Fsp3) is 0.300. The van der Waals surface area contributed by atoms with E-state index in [2.05, 4.69) is 0 Å². The largest absolute Gasteiger partial charge is 0.546 e. The Hall–Kier alpha value is -1.51. The molecule has 70 valence electrons. The van der Waals surface area contributed by atoms with E-state index >= 15 is 0 Å². The molecule has 3 nitrogen and oxygen atoms in total. The maximum Gasteiger partial charge on any atom is 0.135 e. The van der Waals surface area contributed by atoms with Gasteiger partial charge in [0, 0.05) is 0 Å². The first-order valence-electron chi connectivity index (χ1n) is 4.04. The van der Waals surface area contributed by atoms with E-state index in [1.807, 2.05) is 19.1 Å². The normalized spacial score (nSPS) is 12.2. The van der Waals surface area contributed by atoms with E-state index in [0.29, 0.717) is 5.75 Å². The average Bonchev–Trinajstić information content (AvgIpc) is 2.08. The molecule has 0 aliphatic heterocycles. The monoisotopic (exact) mass is 179 g/mol. The molecule has 1 aromatic rings. The van der Waals surface area contributed by atoms with Gasteiger partial charge in [0.15, 0.2) is 0 Å². The summed E-state index contributed by atoms with van der Waals surface area (Å²) in [6.07, 6.45) is -0.914. The smallest absolute Gasteiger partial charge is 0.135 e. The third-order valence-corrected chi connectivity index (χ3v) is 1.67. The molecule has 13 heavy (non-hydrogen) atoms. The zero-order valence-corrected chi connectivity index (χ0v) is 7.61. The van der Waals surface area contributed by atoms with Gasteiger partial charge in [-0.3, -0.25) is 0 Å². The van der Waals surface area contributed by atoms with Crippen LogP contribution in [0.1, 0.15) is 12.5 Å². The van der Waals surface area contributed by atoms with E-state index in [1.54, 1.807) is 12.1 Å². The number of carbonyl (C=O) groups is 1. The number of aliphatic carboxylic acids is 1. The van der Waals surface area contributed by atoms with Crippen LogP contribution in [0.4, 0.5) is 0 Å². The minimum Gasteiger partial charge on any atom is -0.546 e. The highest BCUT2D eigenvalue weighted by Crippen LogP contribution is 2.12. The lowest BCUT2D eigenvalue weighted by molar-refractivity contribution is -0.312. The highest BCUT2D eigenvalue weighted by molar-refractivity contribution is 5.69. The van der Waals surface area contributed by atoms with Gasteiger partial charge in [-0.1, -0.05) is 17.7 Å². The van der Waals surface area contributed by atoms with Crippen LogP contribution in [0.2, 0.25) is 0 Å². The lowest BCUT2D eigenvalue weighted by atomic mass is 10.2. The number of carboxylic acid groups (broad SMARTS) is 1. The van der Waals surface area contributed by atoms with Crippen LogP contribution < -0.4 is 9.84 Å². The first-order chi connectivity index (χ1) is 6.09. The molecule has 0 aliphatic carbocycles. The summed E-state index contributed by atoms with van der Waals surface area (Å²) >= 11 is 0. The molecule has 0 aromatic heterocycles. The van der Waals surface area contributed by atoms with Gasteiger partial charge in [0.05, 0.1) is 5.97 Å². The minimum atomic E-state index is -1.21. The van der Waals surface area contributed by atoms with Gasteiger partial charge >= 0.3 is 0 Å². The summed E-state index contributed by atoms with van der Waals surface area (Å²) in [6.45, 7) is 3.39. The third-order valence-electron chi connectivity index (χ3n) is 1.67. The standard InChI is InChI=1S/C10H12O3/c1-7-3-5-9(6-4-7)13-8(2)10(11)12/h3-6,8H,1-2H3,(H,11,12)/p-1. The van der Waals surface area contributed by atoms with Gasteiger partial charge in [0.25, 0.3) is 0 Å². The second-order valence-electron chi connectivity index (χ2n) is 2.89. The zero-order valence-electron chi connectivity index (χ0n) is 7.61. The summed E-state index contributed by atoms with van der Waals surface area (Å²) in [5.41, 5.74) is 1.11. The molecule has 0 saturated carbocycles. The molecule has 0 fully saturated rings. The van der Waals surface area contributed by atoms with E-state index in [4.69, 9.17) is 4.74 Å². The van der Waals surface area contributed by atoms with Crippen LogP contribution in [0.3, 0.4) is 0 Å². The van der Waals surface area contributed by atoms with E-state index < -0.39 is 12.1 Å². The van der Waals surface area contributed by atoms with Crippen LogP contribution in [0, 0.1) is 6.92 Å². The molecule has 1 unspecified atom stereocenters. The molecule has 0 spiro atoms. The highest BCUT2D eigenvalue weighted by atomic mass is 16.5. The van der Waals surface area contributed by atoms with Gasteiger partial charge in [0.1, 0.15) is 11.9 Å². The summed E-state index contributed by atoms with van der Waals surface area (Å²) < 4.78 is 5.07. The van der Waals surface area contributed by atoms with E-state index in [9.17, 15) is 9.90 Å². The Labute approximate surface area is 77.0 Å². The van der Waals surface area contributed by atoms with E-state index in [-0.39, 0.29) is 0 Å². The molecule has 3 heteroatoms. The summed E-state index contributed by atoms with van der Waals surface area (Å²) in [6, 6.07) is 7.18. The molecule has 0 heterocycles. The van der Waals surface area contributed by atoms with Crippen LogP contribution >= 0.6 is 0 Å². The maximum atomic E-state index is 10.3. The number of hydrogen-bond acceptors (Lipinski definition) is 3. The Kier molecular flexibility index (Phi) is 2.90. The quantitative estimate of drug-likeness (QED) is 0.679. The highest BCUT2D eigenvalue weighted by Gasteiger charge is 2.03. The van der Waals surface area contributed by atoms with Gasteiger partial charge < -0.3 is 14.6 Å². The third kappa shape index (κ3) is 2.78. The fourth-order valence-corrected chi connectivity index (χ4v) is 0.869. The second-order valence-corrected chi connectivity index (χ2v) is 2.89. The van der Waals surface area contributed by atoms with Gasteiger partial charge in [-0.05, 0) is 26.0 Å². The molecule has 0 amide bonds. The van der Waals surface area contributed by atoms with Crippen molar-refractivity contribution in [3.63, 3.8) is 0 Å². The molecule has 1 rings (SSSR count). The summed E-state index contributed by atoms with van der Waals surface area (Å²) in [5.74, 6) is -0.664. The minimum absolute atomic E-state index is 0.544. The number of aryl methyl sites for hydroxylation is 1. The summed E-state index contributed by atoms with van der Waals surface area (Å²) in [5, 5.41) is 10.3. The molecule has 0 aliphatic rings. The lowest BCUT2D eigenvalue weighted by Gasteiger charge is -2.15. The topological polar surface area (TPSA) is 49.4 Å². The molecular weight excluding hydrogens is 168 g/mol. The van der Waals surface area contributed by atoms with Crippen molar-refractivity contribution in [3.8, 4) is 5.75 Å². The number of carbonyl (C=O) groups excluding carboxylic acids is 1. The second kappa shape index (κ2) is 3.94. The molecule has 0 radical (unpaired) electrons. The summed E-state index contributed by atoms with van der Waals surface area (Å²) in [4.78, 5) is 10.3. The van der Waals surface area contributed by atoms with Crippen molar-refractivity contribution in [2.75, 3.05) is 0 Å². The van der Waals surface area contributed by atoms with Gasteiger partial charge in [-0.15, -0.1) is 0 Å². The van der Waals surface area contributed by atoms with Crippen molar-refractivity contribution in [1.29, 1.82) is 0 Å². The van der Waals surface area contributed by atoms with Crippen LogP contribution in [0.15, 0.2) is 24.3 Å². The Morgan fingerprint density at radius 3 is 2.38 bits per heavy atom. The molecule has 0 saturated heterocycles. The molecule has 1 atom stereocenters. The number of rotatable bonds is 3. The van der Waals surface area contributed by atoms with Gasteiger partial charge in [-0.25, -0.2) is 0 Å². The Bertz CT molecular complexity index is 290. The van der Waals surface area contributed by atoms with Crippen molar-refractivity contribution in [3.05, 3.63) is 29.8 Å². The molecule has 1 aromatic carbocycles. The van der Waals surface area contributed by atoms with Crippen molar-refractivity contribution in [2.45, 2.75) is 20.0 Å². The number of carboxylic acids is 1. The van der Waals surface area contributed by atoms with Crippen LogP contribution in [-0.2, 0) is 4.79 Å².